The van der Waals surface area contributed by atoms with Crippen LogP contribution in [0.2, 0.25) is 0 Å². The average molecular weight is 321 g/mol. The minimum atomic E-state index is -0.116. The van der Waals surface area contributed by atoms with Crippen molar-refractivity contribution in [3.05, 3.63) is 0 Å². The molecule has 0 aromatic carbocycles. The highest BCUT2D eigenvalue weighted by molar-refractivity contribution is 7.99. The minimum Gasteiger partial charge on any atom is -0.340 e. The van der Waals surface area contributed by atoms with Crippen LogP contribution in [-0.4, -0.2) is 49.9 Å². The van der Waals surface area contributed by atoms with Gasteiger partial charge in [0, 0.05) is 19.6 Å². The first-order valence-corrected chi connectivity index (χ1v) is 7.97. The van der Waals surface area contributed by atoms with Gasteiger partial charge in [0.15, 0.2) is 0 Å². The Hall–Kier alpha value is -2.13. The molecule has 0 N–H and O–H groups in total. The predicted molar refractivity (Wildman–Crippen MR) is 80.4 cm³/mol. The van der Waals surface area contributed by atoms with Crippen LogP contribution in [0.4, 0.5) is 0 Å². The number of aromatic nitrogens is 4. The Morgan fingerprint density at radius 2 is 1.95 bits per heavy atom. The molecule has 1 aromatic heterocycles. The number of hydrogen-bond donors (Lipinski definition) is 0. The summed E-state index contributed by atoms with van der Waals surface area (Å²) in [6, 6.07) is 4.02. The van der Waals surface area contributed by atoms with Gasteiger partial charge in [-0.05, 0) is 16.3 Å². The molecule has 0 aliphatic carbocycles. The number of hydrogen-bond acceptors (Lipinski definition) is 7. The third-order valence-corrected chi connectivity index (χ3v) is 3.64. The molecule has 0 spiro atoms. The SMILES string of the molecule is CC(C)Cn1nnnc1SCC(=O)N(CCC#N)CCC#N. The van der Waals surface area contributed by atoms with Crippen molar-refractivity contribution in [3.63, 3.8) is 0 Å². The molecule has 0 saturated heterocycles. The van der Waals surface area contributed by atoms with Crippen molar-refractivity contribution in [1.82, 2.24) is 25.1 Å². The quantitative estimate of drug-likeness (QED) is 0.625. The summed E-state index contributed by atoms with van der Waals surface area (Å²) in [7, 11) is 0. The minimum absolute atomic E-state index is 0.116. The third kappa shape index (κ3) is 6.10. The summed E-state index contributed by atoms with van der Waals surface area (Å²) in [6.45, 7) is 5.50. The summed E-state index contributed by atoms with van der Waals surface area (Å²) in [6.07, 6.45) is 0.514. The zero-order valence-corrected chi connectivity index (χ0v) is 13.6. The van der Waals surface area contributed by atoms with Crippen LogP contribution in [0.25, 0.3) is 0 Å². The van der Waals surface area contributed by atoms with E-state index in [0.717, 1.165) is 0 Å². The van der Waals surface area contributed by atoms with Crippen LogP contribution < -0.4 is 0 Å². The molecular weight excluding hydrogens is 302 g/mol. The lowest BCUT2D eigenvalue weighted by molar-refractivity contribution is -0.128. The lowest BCUT2D eigenvalue weighted by Gasteiger charge is -2.19. The maximum absolute atomic E-state index is 12.2. The number of carbonyl (C=O) groups is 1. The predicted octanol–water partition coefficient (Wildman–Crippen LogP) is 1.08. The van der Waals surface area contributed by atoms with Crippen molar-refractivity contribution in [2.24, 2.45) is 5.92 Å². The van der Waals surface area contributed by atoms with Gasteiger partial charge in [-0.3, -0.25) is 4.79 Å². The van der Waals surface area contributed by atoms with Crippen LogP contribution in [0.1, 0.15) is 26.7 Å². The molecule has 1 aromatic rings. The highest BCUT2D eigenvalue weighted by Gasteiger charge is 2.16. The van der Waals surface area contributed by atoms with Gasteiger partial charge in [-0.1, -0.05) is 25.6 Å². The number of nitriles is 2. The number of tetrazole rings is 1. The molecule has 0 aliphatic rings. The second-order valence-electron chi connectivity index (χ2n) is 5.02. The van der Waals surface area contributed by atoms with E-state index in [1.807, 2.05) is 12.1 Å². The second-order valence-corrected chi connectivity index (χ2v) is 5.97. The third-order valence-electron chi connectivity index (χ3n) is 2.70. The number of thioether (sulfide) groups is 1. The molecule has 0 fully saturated rings. The van der Waals surface area contributed by atoms with E-state index in [2.05, 4.69) is 29.4 Å². The fourth-order valence-corrected chi connectivity index (χ4v) is 2.50. The normalized spacial score (nSPS) is 10.2. The molecule has 0 bridgehead atoms. The van der Waals surface area contributed by atoms with E-state index in [1.54, 1.807) is 4.68 Å². The summed E-state index contributed by atoms with van der Waals surface area (Å²) in [5, 5.41) is 29.3. The molecule has 0 saturated carbocycles. The molecule has 1 rings (SSSR count). The van der Waals surface area contributed by atoms with E-state index in [4.69, 9.17) is 10.5 Å². The lowest BCUT2D eigenvalue weighted by Crippen LogP contribution is -2.34. The van der Waals surface area contributed by atoms with Gasteiger partial charge in [0.1, 0.15) is 0 Å². The van der Waals surface area contributed by atoms with E-state index in [9.17, 15) is 4.79 Å². The Kier molecular flexibility index (Phi) is 7.94. The fraction of sp³-hybridized carbons (Fsp3) is 0.692. The van der Waals surface area contributed by atoms with Gasteiger partial charge in [0.25, 0.3) is 0 Å². The Morgan fingerprint density at radius 3 is 2.50 bits per heavy atom. The molecule has 8 nitrogen and oxygen atoms in total. The first-order chi connectivity index (χ1) is 10.6. The smallest absolute Gasteiger partial charge is 0.233 e. The first kappa shape index (κ1) is 17.9. The van der Waals surface area contributed by atoms with E-state index in [0.29, 0.717) is 30.7 Å². The van der Waals surface area contributed by atoms with Gasteiger partial charge in [-0.15, -0.1) is 5.10 Å². The molecule has 0 unspecified atom stereocenters. The van der Waals surface area contributed by atoms with Gasteiger partial charge >= 0.3 is 0 Å². The van der Waals surface area contributed by atoms with E-state index in [-0.39, 0.29) is 24.5 Å². The van der Waals surface area contributed by atoms with Crippen molar-refractivity contribution < 1.29 is 4.79 Å². The first-order valence-electron chi connectivity index (χ1n) is 6.99. The van der Waals surface area contributed by atoms with Crippen LogP contribution >= 0.6 is 11.8 Å². The monoisotopic (exact) mass is 321 g/mol. The fourth-order valence-electron chi connectivity index (χ4n) is 1.71. The Bertz CT molecular complexity index is 539. The van der Waals surface area contributed by atoms with Gasteiger partial charge < -0.3 is 4.90 Å². The van der Waals surface area contributed by atoms with Crippen LogP contribution in [0.5, 0.6) is 0 Å². The van der Waals surface area contributed by atoms with Gasteiger partial charge in [0.05, 0.1) is 30.7 Å². The summed E-state index contributed by atoms with van der Waals surface area (Å²) >= 11 is 1.27. The number of rotatable bonds is 9. The molecule has 22 heavy (non-hydrogen) atoms. The molecule has 9 heteroatoms. The largest absolute Gasteiger partial charge is 0.340 e. The number of carbonyl (C=O) groups excluding carboxylic acids is 1. The van der Waals surface area contributed by atoms with Crippen LogP contribution in [0.3, 0.4) is 0 Å². The van der Waals surface area contributed by atoms with Crippen molar-refractivity contribution in [1.29, 1.82) is 10.5 Å². The van der Waals surface area contributed by atoms with Crippen molar-refractivity contribution in [2.45, 2.75) is 38.4 Å². The Labute approximate surface area is 134 Å². The topological polar surface area (TPSA) is 111 Å². The summed E-state index contributed by atoms with van der Waals surface area (Å²) < 4.78 is 1.68. The Balaban J connectivity index is 2.57. The molecule has 1 amide bonds. The zero-order valence-electron chi connectivity index (χ0n) is 12.8. The van der Waals surface area contributed by atoms with Crippen LogP contribution in [0, 0.1) is 28.6 Å². The summed E-state index contributed by atoms with van der Waals surface area (Å²) in [5.74, 6) is 0.478. The van der Waals surface area contributed by atoms with Gasteiger partial charge in [0.2, 0.25) is 11.1 Å². The second kappa shape index (κ2) is 9.74. The highest BCUT2D eigenvalue weighted by atomic mass is 32.2. The molecule has 118 valence electrons. The number of amides is 1. The van der Waals surface area contributed by atoms with E-state index >= 15 is 0 Å². The van der Waals surface area contributed by atoms with Gasteiger partial charge in [-0.2, -0.15) is 10.5 Å². The zero-order chi connectivity index (χ0) is 16.4. The molecule has 0 aliphatic heterocycles. The van der Waals surface area contributed by atoms with Crippen LogP contribution in [-0.2, 0) is 11.3 Å². The van der Waals surface area contributed by atoms with Crippen molar-refractivity contribution in [3.8, 4) is 12.1 Å². The summed E-state index contributed by atoms with van der Waals surface area (Å²) in [5.41, 5.74) is 0. The Morgan fingerprint density at radius 1 is 1.32 bits per heavy atom. The molecule has 0 atom stereocenters. The van der Waals surface area contributed by atoms with Crippen molar-refractivity contribution >= 4 is 17.7 Å². The maximum atomic E-state index is 12.2. The van der Waals surface area contributed by atoms with E-state index < -0.39 is 0 Å². The standard InChI is InChI=1S/C13H19N7OS/c1-11(2)9-20-13(16-17-18-20)22-10-12(21)19(7-3-5-14)8-4-6-15/h11H,3-4,7-10H2,1-2H3. The van der Waals surface area contributed by atoms with E-state index in [1.165, 1.54) is 16.7 Å². The van der Waals surface area contributed by atoms with Crippen LogP contribution in [0.15, 0.2) is 5.16 Å². The molecular formula is C13H19N7OS. The van der Waals surface area contributed by atoms with Crippen molar-refractivity contribution in [2.75, 3.05) is 18.8 Å². The highest BCUT2D eigenvalue weighted by Crippen LogP contribution is 2.15. The van der Waals surface area contributed by atoms with Gasteiger partial charge in [-0.25, -0.2) is 4.68 Å². The summed E-state index contributed by atoms with van der Waals surface area (Å²) in [4.78, 5) is 13.7. The maximum Gasteiger partial charge on any atom is 0.233 e. The molecule has 0 radical (unpaired) electrons. The average Bonchev–Trinajstić information content (AvgIpc) is 2.91. The number of nitrogens with zero attached hydrogens (tertiary/aromatic N) is 7. The molecule has 1 heterocycles. The lowest BCUT2D eigenvalue weighted by atomic mass is 10.2.